The van der Waals surface area contributed by atoms with E-state index in [1.54, 1.807) is 18.4 Å². The molecule has 0 radical (unpaired) electrons. The Morgan fingerprint density at radius 1 is 1.38 bits per heavy atom. The maximum atomic E-state index is 6.22. The van der Waals surface area contributed by atoms with Crippen LogP contribution in [0.1, 0.15) is 22.4 Å². The molecule has 0 unspecified atom stereocenters. The molecule has 0 bridgehead atoms. The zero-order chi connectivity index (χ0) is 16.7. The van der Waals surface area contributed by atoms with Gasteiger partial charge in [0.15, 0.2) is 5.96 Å². The Balaban J connectivity index is 0.00000288. The maximum absolute atomic E-state index is 6.22. The van der Waals surface area contributed by atoms with Crippen LogP contribution in [0.2, 0.25) is 5.02 Å². The molecule has 0 saturated carbocycles. The fourth-order valence-corrected chi connectivity index (χ4v) is 3.31. The summed E-state index contributed by atoms with van der Waals surface area (Å²) in [6.45, 7) is 3.69. The zero-order valence-electron chi connectivity index (χ0n) is 14.3. The highest BCUT2D eigenvalue weighted by molar-refractivity contribution is 14.0. The monoisotopic (exact) mass is 478 g/mol. The SMILES string of the molecule is CCc1cnc(CCNC(=NC)N(C)Cc2ccccc2Cl)s1.I. The van der Waals surface area contributed by atoms with Crippen LogP contribution in [-0.2, 0) is 19.4 Å². The van der Waals surface area contributed by atoms with Crippen molar-refractivity contribution in [2.75, 3.05) is 20.6 Å². The van der Waals surface area contributed by atoms with Crippen molar-refractivity contribution in [2.24, 2.45) is 4.99 Å². The molecule has 0 aliphatic rings. The smallest absolute Gasteiger partial charge is 0.193 e. The van der Waals surface area contributed by atoms with Gasteiger partial charge in [-0.15, -0.1) is 35.3 Å². The van der Waals surface area contributed by atoms with Gasteiger partial charge in [0.05, 0.1) is 5.01 Å². The highest BCUT2D eigenvalue weighted by Crippen LogP contribution is 2.16. The molecule has 1 aromatic carbocycles. The van der Waals surface area contributed by atoms with Gasteiger partial charge in [0.25, 0.3) is 0 Å². The lowest BCUT2D eigenvalue weighted by Crippen LogP contribution is -2.39. The number of hydrogen-bond donors (Lipinski definition) is 1. The van der Waals surface area contributed by atoms with Gasteiger partial charge in [-0.2, -0.15) is 0 Å². The van der Waals surface area contributed by atoms with Crippen LogP contribution in [0.15, 0.2) is 35.5 Å². The average molecular weight is 479 g/mol. The van der Waals surface area contributed by atoms with Crippen LogP contribution in [0.25, 0.3) is 0 Å². The summed E-state index contributed by atoms with van der Waals surface area (Å²) in [5, 5.41) is 5.33. The lowest BCUT2D eigenvalue weighted by atomic mass is 10.2. The van der Waals surface area contributed by atoms with Gasteiger partial charge in [-0.1, -0.05) is 36.7 Å². The number of nitrogens with zero attached hydrogens (tertiary/aromatic N) is 3. The van der Waals surface area contributed by atoms with Gasteiger partial charge < -0.3 is 10.2 Å². The second-order valence-electron chi connectivity index (χ2n) is 5.25. The third-order valence-corrected chi connectivity index (χ3v) is 5.08. The molecular formula is C17H24ClIN4S. The van der Waals surface area contributed by atoms with Crippen molar-refractivity contribution in [3.8, 4) is 0 Å². The molecule has 0 spiro atoms. The van der Waals surface area contributed by atoms with Gasteiger partial charge in [0.1, 0.15) is 0 Å². The van der Waals surface area contributed by atoms with Crippen LogP contribution in [0, 0.1) is 0 Å². The third-order valence-electron chi connectivity index (χ3n) is 3.51. The summed E-state index contributed by atoms with van der Waals surface area (Å²) in [7, 11) is 3.81. The van der Waals surface area contributed by atoms with E-state index in [1.807, 2.05) is 37.5 Å². The Hall–Kier alpha value is -0.860. The Morgan fingerprint density at radius 2 is 2.12 bits per heavy atom. The van der Waals surface area contributed by atoms with Crippen molar-refractivity contribution in [1.29, 1.82) is 0 Å². The topological polar surface area (TPSA) is 40.5 Å². The largest absolute Gasteiger partial charge is 0.356 e. The number of halogens is 2. The van der Waals surface area contributed by atoms with E-state index < -0.39 is 0 Å². The highest BCUT2D eigenvalue weighted by atomic mass is 127. The first-order valence-corrected chi connectivity index (χ1v) is 8.92. The van der Waals surface area contributed by atoms with E-state index in [0.717, 1.165) is 42.5 Å². The van der Waals surface area contributed by atoms with Gasteiger partial charge >= 0.3 is 0 Å². The minimum Gasteiger partial charge on any atom is -0.356 e. The summed E-state index contributed by atoms with van der Waals surface area (Å²) >= 11 is 8.01. The summed E-state index contributed by atoms with van der Waals surface area (Å²) in [6, 6.07) is 7.89. The molecular weight excluding hydrogens is 455 g/mol. The zero-order valence-corrected chi connectivity index (χ0v) is 18.2. The number of thiazole rings is 1. The molecule has 1 aromatic heterocycles. The average Bonchev–Trinajstić information content (AvgIpc) is 3.01. The van der Waals surface area contributed by atoms with Gasteiger partial charge in [-0.25, -0.2) is 4.98 Å². The normalized spacial score (nSPS) is 11.1. The first-order chi connectivity index (χ1) is 11.1. The molecule has 7 heteroatoms. The van der Waals surface area contributed by atoms with Crippen LogP contribution in [0.5, 0.6) is 0 Å². The number of aliphatic imine (C=N–C) groups is 1. The van der Waals surface area contributed by atoms with Crippen LogP contribution in [0.4, 0.5) is 0 Å². The lowest BCUT2D eigenvalue weighted by molar-refractivity contribution is 0.477. The van der Waals surface area contributed by atoms with Crippen LogP contribution >= 0.6 is 46.9 Å². The number of aryl methyl sites for hydroxylation is 1. The third kappa shape index (κ3) is 6.22. The minimum absolute atomic E-state index is 0. The van der Waals surface area contributed by atoms with Crippen molar-refractivity contribution in [3.63, 3.8) is 0 Å². The number of guanidine groups is 1. The first-order valence-electron chi connectivity index (χ1n) is 7.72. The van der Waals surface area contributed by atoms with E-state index in [4.69, 9.17) is 11.6 Å². The molecule has 0 amide bonds. The van der Waals surface area contributed by atoms with Crippen LogP contribution in [0.3, 0.4) is 0 Å². The van der Waals surface area contributed by atoms with Gasteiger partial charge in [0.2, 0.25) is 0 Å². The number of nitrogens with one attached hydrogen (secondary N) is 1. The van der Waals surface area contributed by atoms with Crippen molar-refractivity contribution < 1.29 is 0 Å². The minimum atomic E-state index is 0. The second kappa shape index (κ2) is 10.9. The first kappa shape index (κ1) is 21.2. The van der Waals surface area contributed by atoms with Gasteiger partial charge in [0, 0.05) is 49.7 Å². The van der Waals surface area contributed by atoms with Crippen molar-refractivity contribution >= 4 is 52.9 Å². The summed E-state index contributed by atoms with van der Waals surface area (Å²) in [5.74, 6) is 0.859. The number of hydrogen-bond acceptors (Lipinski definition) is 3. The van der Waals surface area contributed by atoms with Gasteiger partial charge in [-0.3, -0.25) is 4.99 Å². The van der Waals surface area contributed by atoms with Crippen LogP contribution in [-0.4, -0.2) is 36.5 Å². The molecule has 1 N–H and O–H groups in total. The number of benzene rings is 1. The standard InChI is InChI=1S/C17H23ClN4S.HI/c1-4-14-11-21-16(23-14)9-10-20-17(19-2)22(3)12-13-7-5-6-8-15(13)18;/h5-8,11H,4,9-10,12H2,1-3H3,(H,19,20);1H. The molecule has 24 heavy (non-hydrogen) atoms. The summed E-state index contributed by atoms with van der Waals surface area (Å²) in [6.07, 6.45) is 3.93. The van der Waals surface area contributed by atoms with Gasteiger partial charge in [-0.05, 0) is 18.1 Å². The Bertz CT molecular complexity index is 660. The molecule has 0 aliphatic heterocycles. The van der Waals surface area contributed by atoms with Crippen molar-refractivity contribution in [3.05, 3.63) is 50.9 Å². The van der Waals surface area contributed by atoms with E-state index in [-0.39, 0.29) is 24.0 Å². The predicted molar refractivity (Wildman–Crippen MR) is 115 cm³/mol. The molecule has 2 aromatic rings. The summed E-state index contributed by atoms with van der Waals surface area (Å²) in [4.78, 5) is 12.2. The van der Waals surface area contributed by atoms with Crippen molar-refractivity contribution in [2.45, 2.75) is 26.3 Å². The fourth-order valence-electron chi connectivity index (χ4n) is 2.25. The Labute approximate surface area is 170 Å². The summed E-state index contributed by atoms with van der Waals surface area (Å²) < 4.78 is 0. The highest BCUT2D eigenvalue weighted by Gasteiger charge is 2.09. The van der Waals surface area contributed by atoms with E-state index >= 15 is 0 Å². The quantitative estimate of drug-likeness (QED) is 0.384. The summed E-state index contributed by atoms with van der Waals surface area (Å²) in [5.41, 5.74) is 1.09. The van der Waals surface area contributed by atoms with Crippen molar-refractivity contribution in [1.82, 2.24) is 15.2 Å². The molecule has 0 fully saturated rings. The molecule has 0 aliphatic carbocycles. The van der Waals surface area contributed by atoms with E-state index in [1.165, 1.54) is 9.88 Å². The Morgan fingerprint density at radius 3 is 2.75 bits per heavy atom. The lowest BCUT2D eigenvalue weighted by Gasteiger charge is -2.22. The molecule has 4 nitrogen and oxygen atoms in total. The molecule has 2 rings (SSSR count). The second-order valence-corrected chi connectivity index (χ2v) is 6.85. The molecule has 0 atom stereocenters. The van der Waals surface area contributed by atoms with E-state index in [0.29, 0.717) is 0 Å². The number of aromatic nitrogens is 1. The maximum Gasteiger partial charge on any atom is 0.193 e. The molecule has 0 saturated heterocycles. The number of rotatable bonds is 6. The predicted octanol–water partition coefficient (Wildman–Crippen LogP) is 4.23. The molecule has 1 heterocycles. The van der Waals surface area contributed by atoms with Crippen LogP contribution < -0.4 is 5.32 Å². The van der Waals surface area contributed by atoms with E-state index in [9.17, 15) is 0 Å². The molecule has 132 valence electrons. The van der Waals surface area contributed by atoms with E-state index in [2.05, 4.69) is 27.1 Å². The fraction of sp³-hybridized carbons (Fsp3) is 0.412. The Kier molecular flexibility index (Phi) is 9.61.